The lowest BCUT2D eigenvalue weighted by atomic mass is 9.95. The summed E-state index contributed by atoms with van der Waals surface area (Å²) in [4.78, 5) is 3.24. The summed E-state index contributed by atoms with van der Waals surface area (Å²) in [7, 11) is 0. The van der Waals surface area contributed by atoms with Crippen molar-refractivity contribution in [1.82, 2.24) is 0 Å². The summed E-state index contributed by atoms with van der Waals surface area (Å²) in [5.41, 5.74) is 0.568. The largest absolute Gasteiger partial charge is 0.273 e. The molecule has 15 heavy (non-hydrogen) atoms. The number of para-hydroxylation sites is 1. The van der Waals surface area contributed by atoms with Gasteiger partial charge in [-0.05, 0) is 11.5 Å². The molecule has 0 aliphatic rings. The second-order valence-electron chi connectivity index (χ2n) is 3.46. The second-order valence-corrected chi connectivity index (χ2v) is 3.46. The average molecular weight is 207 g/mol. The fourth-order valence-electron chi connectivity index (χ4n) is 1.43. The fourth-order valence-corrected chi connectivity index (χ4v) is 1.43. The van der Waals surface area contributed by atoms with E-state index in [1.54, 1.807) is 38.1 Å². The minimum absolute atomic E-state index is 0.0402. The third-order valence-corrected chi connectivity index (χ3v) is 2.10. The Hall–Kier alpha value is -1.69. The van der Waals surface area contributed by atoms with Gasteiger partial charge in [0.15, 0.2) is 5.69 Å². The first kappa shape index (κ1) is 11.4. The highest BCUT2D eigenvalue weighted by Crippen LogP contribution is 2.34. The van der Waals surface area contributed by atoms with Crippen molar-refractivity contribution < 1.29 is 8.78 Å². The van der Waals surface area contributed by atoms with Gasteiger partial charge in [0, 0.05) is 5.57 Å². The third kappa shape index (κ3) is 2.41. The number of hydrogen-bond donors (Lipinski definition) is 0. The molecular weight excluding hydrogens is 196 g/mol. The molecule has 0 unspecified atom stereocenters. The van der Waals surface area contributed by atoms with Gasteiger partial charge in [-0.2, -0.15) is 8.78 Å². The highest BCUT2D eigenvalue weighted by Gasteiger charge is 2.16. The van der Waals surface area contributed by atoms with Crippen molar-refractivity contribution in [2.75, 3.05) is 0 Å². The molecule has 0 N–H and O–H groups in total. The van der Waals surface area contributed by atoms with Crippen LogP contribution in [0, 0.1) is 12.5 Å². The third-order valence-electron chi connectivity index (χ3n) is 2.10. The van der Waals surface area contributed by atoms with Gasteiger partial charge in [0.1, 0.15) is 0 Å². The summed E-state index contributed by atoms with van der Waals surface area (Å²) in [5, 5.41) is 0. The monoisotopic (exact) mass is 207 g/mol. The molecule has 1 rings (SSSR count). The Bertz CT molecular complexity index is 423. The van der Waals surface area contributed by atoms with E-state index in [-0.39, 0.29) is 17.2 Å². The van der Waals surface area contributed by atoms with Crippen molar-refractivity contribution >= 4 is 11.3 Å². The molecule has 0 amide bonds. The van der Waals surface area contributed by atoms with Crippen LogP contribution < -0.4 is 0 Å². The maximum atomic E-state index is 12.7. The highest BCUT2D eigenvalue weighted by molar-refractivity contribution is 5.78. The van der Waals surface area contributed by atoms with Crippen LogP contribution in [0.2, 0.25) is 0 Å². The standard InChI is InChI=1S/C12H11F2N/c1-8(2)11(12(13)14)9-6-4-5-7-10(9)15-3/h4-8H,1-2H3. The van der Waals surface area contributed by atoms with E-state index in [0.717, 1.165) is 0 Å². The Balaban J connectivity index is 3.38. The molecule has 0 aromatic heterocycles. The zero-order chi connectivity index (χ0) is 11.4. The normalized spacial score (nSPS) is 9.87. The van der Waals surface area contributed by atoms with Crippen molar-refractivity contribution in [2.24, 2.45) is 5.92 Å². The van der Waals surface area contributed by atoms with Gasteiger partial charge in [0.2, 0.25) is 0 Å². The van der Waals surface area contributed by atoms with E-state index in [1.807, 2.05) is 0 Å². The van der Waals surface area contributed by atoms with Crippen LogP contribution in [-0.4, -0.2) is 0 Å². The summed E-state index contributed by atoms with van der Waals surface area (Å²) in [5.74, 6) is -0.294. The Morgan fingerprint density at radius 3 is 2.33 bits per heavy atom. The number of hydrogen-bond acceptors (Lipinski definition) is 0. The first-order valence-electron chi connectivity index (χ1n) is 4.60. The van der Waals surface area contributed by atoms with Gasteiger partial charge in [-0.25, -0.2) is 4.85 Å². The van der Waals surface area contributed by atoms with E-state index in [9.17, 15) is 8.78 Å². The zero-order valence-corrected chi connectivity index (χ0v) is 8.59. The lowest BCUT2D eigenvalue weighted by Crippen LogP contribution is -1.95. The Morgan fingerprint density at radius 1 is 1.27 bits per heavy atom. The smallest absolute Gasteiger partial charge is 0.238 e. The first-order valence-corrected chi connectivity index (χ1v) is 4.60. The van der Waals surface area contributed by atoms with Gasteiger partial charge in [0.25, 0.3) is 6.08 Å². The van der Waals surface area contributed by atoms with Crippen LogP contribution in [0.3, 0.4) is 0 Å². The summed E-state index contributed by atoms with van der Waals surface area (Å²) < 4.78 is 25.5. The number of allylic oxidation sites excluding steroid dienone is 1. The predicted octanol–water partition coefficient (Wildman–Crippen LogP) is 4.50. The lowest BCUT2D eigenvalue weighted by molar-refractivity contribution is 0.419. The van der Waals surface area contributed by atoms with Gasteiger partial charge >= 0.3 is 0 Å². The quantitative estimate of drug-likeness (QED) is 0.629. The highest BCUT2D eigenvalue weighted by atomic mass is 19.3. The minimum atomic E-state index is -1.71. The molecule has 0 bridgehead atoms. The Kier molecular flexibility index (Phi) is 3.56. The van der Waals surface area contributed by atoms with Crippen LogP contribution in [-0.2, 0) is 0 Å². The summed E-state index contributed by atoms with van der Waals surface area (Å²) in [6, 6.07) is 6.44. The van der Waals surface area contributed by atoms with E-state index in [4.69, 9.17) is 6.57 Å². The summed E-state index contributed by atoms with van der Waals surface area (Å²) >= 11 is 0. The predicted molar refractivity (Wildman–Crippen MR) is 56.7 cm³/mol. The van der Waals surface area contributed by atoms with Crippen LogP contribution >= 0.6 is 0 Å². The van der Waals surface area contributed by atoms with Crippen LogP contribution in [0.4, 0.5) is 14.5 Å². The Labute approximate surface area is 87.9 Å². The van der Waals surface area contributed by atoms with Gasteiger partial charge in [0.05, 0.1) is 6.57 Å². The van der Waals surface area contributed by atoms with Crippen LogP contribution in [0.5, 0.6) is 0 Å². The summed E-state index contributed by atoms with van der Waals surface area (Å²) in [6.07, 6.45) is -1.71. The van der Waals surface area contributed by atoms with Crippen LogP contribution in [0.25, 0.3) is 10.4 Å². The van der Waals surface area contributed by atoms with E-state index >= 15 is 0 Å². The van der Waals surface area contributed by atoms with Crippen molar-refractivity contribution in [3.8, 4) is 0 Å². The van der Waals surface area contributed by atoms with Gasteiger partial charge < -0.3 is 0 Å². The van der Waals surface area contributed by atoms with E-state index in [1.165, 1.54) is 0 Å². The Morgan fingerprint density at radius 2 is 1.87 bits per heavy atom. The van der Waals surface area contributed by atoms with Gasteiger partial charge in [-0.1, -0.05) is 38.1 Å². The minimum Gasteiger partial charge on any atom is -0.238 e. The molecule has 0 aliphatic carbocycles. The molecule has 0 atom stereocenters. The van der Waals surface area contributed by atoms with Gasteiger partial charge in [-0.3, -0.25) is 0 Å². The molecule has 0 fully saturated rings. The van der Waals surface area contributed by atoms with E-state index < -0.39 is 6.08 Å². The van der Waals surface area contributed by atoms with Crippen LogP contribution in [0.1, 0.15) is 19.4 Å². The van der Waals surface area contributed by atoms with Crippen molar-refractivity contribution in [2.45, 2.75) is 13.8 Å². The summed E-state index contributed by atoms with van der Waals surface area (Å²) in [6.45, 7) is 10.3. The molecule has 0 spiro atoms. The van der Waals surface area contributed by atoms with Crippen molar-refractivity contribution in [3.05, 3.63) is 47.3 Å². The SMILES string of the molecule is [C-]#[N+]c1ccccc1C(=C(F)F)C(C)C. The molecule has 1 nitrogen and oxygen atoms in total. The molecule has 1 aromatic carbocycles. The number of benzene rings is 1. The fraction of sp³-hybridized carbons (Fsp3) is 0.250. The maximum absolute atomic E-state index is 12.7. The molecule has 78 valence electrons. The molecule has 0 radical (unpaired) electrons. The number of rotatable bonds is 2. The van der Waals surface area contributed by atoms with Crippen molar-refractivity contribution in [1.29, 1.82) is 0 Å². The van der Waals surface area contributed by atoms with Crippen molar-refractivity contribution in [3.63, 3.8) is 0 Å². The number of nitrogens with zero attached hydrogens (tertiary/aromatic N) is 1. The molecule has 0 saturated heterocycles. The first-order chi connectivity index (χ1) is 7.07. The number of halogens is 2. The zero-order valence-electron chi connectivity index (χ0n) is 8.59. The molecule has 0 heterocycles. The maximum Gasteiger partial charge on any atom is 0.273 e. The average Bonchev–Trinajstić information content (AvgIpc) is 2.17. The molecule has 3 heteroatoms. The molecule has 1 aromatic rings. The van der Waals surface area contributed by atoms with Gasteiger partial charge in [-0.15, -0.1) is 0 Å². The molecule has 0 aliphatic heterocycles. The van der Waals surface area contributed by atoms with E-state index in [0.29, 0.717) is 5.56 Å². The molecular formula is C12H11F2N. The lowest BCUT2D eigenvalue weighted by Gasteiger charge is -2.11. The second kappa shape index (κ2) is 4.70. The topological polar surface area (TPSA) is 4.36 Å². The molecule has 0 saturated carbocycles. The van der Waals surface area contributed by atoms with Crippen LogP contribution in [0.15, 0.2) is 30.3 Å². The van der Waals surface area contributed by atoms with E-state index in [2.05, 4.69) is 4.85 Å².